The van der Waals surface area contributed by atoms with Crippen molar-refractivity contribution in [2.45, 2.75) is 0 Å². The van der Waals surface area contributed by atoms with Crippen LogP contribution in [0.4, 0.5) is 0 Å². The molecule has 0 aliphatic heterocycles. The van der Waals surface area contributed by atoms with Gasteiger partial charge in [0.15, 0.2) is 5.75 Å². The molecule has 0 bridgehead atoms. The van der Waals surface area contributed by atoms with Crippen LogP contribution >= 0.6 is 0 Å². The molecule has 0 atom stereocenters. The number of carbonyl (C=O) groups excluding carboxylic acids is 1. The third-order valence-electron chi connectivity index (χ3n) is 1.44. The fourth-order valence-corrected chi connectivity index (χ4v) is 0.832. The molecular weight excluding hydrogens is 172 g/mol. The summed E-state index contributed by atoms with van der Waals surface area (Å²) in [6.45, 7) is 0. The second-order valence-corrected chi connectivity index (χ2v) is 2.18. The number of pyridine rings is 1. The first-order valence-corrected chi connectivity index (χ1v) is 3.36. The standard InChI is InChI=1S/C8H6N2O3/c1-13-8(12)6-3-10-4-7(11)5(6)2-9/h3-4,11H,1H3. The fraction of sp³-hybridized carbons (Fsp3) is 0.125. The van der Waals surface area contributed by atoms with Crippen molar-refractivity contribution in [1.82, 2.24) is 4.98 Å². The minimum Gasteiger partial charge on any atom is -0.505 e. The van der Waals surface area contributed by atoms with Crippen LogP contribution in [-0.4, -0.2) is 23.2 Å². The van der Waals surface area contributed by atoms with E-state index in [4.69, 9.17) is 10.4 Å². The van der Waals surface area contributed by atoms with Gasteiger partial charge in [0.2, 0.25) is 0 Å². The van der Waals surface area contributed by atoms with Gasteiger partial charge in [-0.2, -0.15) is 5.26 Å². The molecule has 66 valence electrons. The minimum atomic E-state index is -0.694. The zero-order valence-corrected chi connectivity index (χ0v) is 6.81. The Morgan fingerprint density at radius 2 is 2.38 bits per heavy atom. The molecule has 0 unspecified atom stereocenters. The van der Waals surface area contributed by atoms with Crippen molar-refractivity contribution in [3.05, 3.63) is 23.5 Å². The molecule has 5 nitrogen and oxygen atoms in total. The van der Waals surface area contributed by atoms with Crippen molar-refractivity contribution < 1.29 is 14.6 Å². The Morgan fingerprint density at radius 1 is 1.69 bits per heavy atom. The minimum absolute atomic E-state index is 0.0370. The summed E-state index contributed by atoms with van der Waals surface area (Å²) in [4.78, 5) is 14.6. The van der Waals surface area contributed by atoms with Crippen LogP contribution in [0.1, 0.15) is 15.9 Å². The first kappa shape index (κ1) is 9.00. The molecule has 0 aliphatic rings. The predicted octanol–water partition coefficient (Wildman–Crippen LogP) is 0.445. The van der Waals surface area contributed by atoms with Gasteiger partial charge < -0.3 is 9.84 Å². The summed E-state index contributed by atoms with van der Waals surface area (Å²) in [5, 5.41) is 17.7. The van der Waals surface area contributed by atoms with E-state index in [-0.39, 0.29) is 16.9 Å². The molecule has 0 amide bonds. The van der Waals surface area contributed by atoms with Gasteiger partial charge in [0.25, 0.3) is 0 Å². The highest BCUT2D eigenvalue weighted by molar-refractivity contribution is 5.92. The van der Waals surface area contributed by atoms with Gasteiger partial charge in [-0.05, 0) is 0 Å². The van der Waals surface area contributed by atoms with Crippen LogP contribution in [-0.2, 0) is 4.74 Å². The predicted molar refractivity (Wildman–Crippen MR) is 42.0 cm³/mol. The number of aromatic hydroxyl groups is 1. The van der Waals surface area contributed by atoms with E-state index in [0.29, 0.717) is 0 Å². The van der Waals surface area contributed by atoms with E-state index in [2.05, 4.69) is 9.72 Å². The average Bonchev–Trinajstić information content (AvgIpc) is 2.16. The molecular formula is C8H6N2O3. The molecule has 0 aliphatic carbocycles. The average molecular weight is 178 g/mol. The van der Waals surface area contributed by atoms with E-state index in [9.17, 15) is 4.79 Å². The number of hydrogen-bond acceptors (Lipinski definition) is 5. The maximum absolute atomic E-state index is 11.0. The largest absolute Gasteiger partial charge is 0.505 e. The molecule has 0 saturated heterocycles. The molecule has 1 N–H and O–H groups in total. The highest BCUT2D eigenvalue weighted by Gasteiger charge is 2.15. The second-order valence-electron chi connectivity index (χ2n) is 2.18. The molecule has 13 heavy (non-hydrogen) atoms. The summed E-state index contributed by atoms with van der Waals surface area (Å²) >= 11 is 0. The lowest BCUT2D eigenvalue weighted by Gasteiger charge is -2.01. The van der Waals surface area contributed by atoms with Crippen LogP contribution in [0.3, 0.4) is 0 Å². The number of nitriles is 1. The van der Waals surface area contributed by atoms with E-state index in [1.165, 1.54) is 13.3 Å². The van der Waals surface area contributed by atoms with E-state index < -0.39 is 5.97 Å². The van der Waals surface area contributed by atoms with Crippen molar-refractivity contribution in [3.8, 4) is 11.8 Å². The molecule has 5 heteroatoms. The first-order chi connectivity index (χ1) is 6.20. The van der Waals surface area contributed by atoms with Crippen molar-refractivity contribution in [2.75, 3.05) is 7.11 Å². The fourth-order valence-electron chi connectivity index (χ4n) is 0.832. The number of rotatable bonds is 1. The number of esters is 1. The van der Waals surface area contributed by atoms with Crippen molar-refractivity contribution in [2.24, 2.45) is 0 Å². The quantitative estimate of drug-likeness (QED) is 0.631. The summed E-state index contributed by atoms with van der Waals surface area (Å²) in [6.07, 6.45) is 2.26. The van der Waals surface area contributed by atoms with E-state index in [0.717, 1.165) is 6.20 Å². The number of ether oxygens (including phenoxy) is 1. The molecule has 0 spiro atoms. The molecule has 0 aromatic carbocycles. The molecule has 0 radical (unpaired) electrons. The normalized spacial score (nSPS) is 8.92. The van der Waals surface area contributed by atoms with Gasteiger partial charge in [0.05, 0.1) is 18.9 Å². The van der Waals surface area contributed by atoms with E-state index in [1.54, 1.807) is 6.07 Å². The van der Waals surface area contributed by atoms with Gasteiger partial charge in [-0.3, -0.25) is 4.98 Å². The summed E-state index contributed by atoms with van der Waals surface area (Å²) in [5.74, 6) is -1.02. The van der Waals surface area contributed by atoms with Crippen LogP contribution in [0.5, 0.6) is 5.75 Å². The number of methoxy groups -OCH3 is 1. The Labute approximate surface area is 74.2 Å². The summed E-state index contributed by atoms with van der Waals surface area (Å²) in [7, 11) is 1.19. The molecule has 1 aromatic rings. The zero-order chi connectivity index (χ0) is 9.84. The highest BCUT2D eigenvalue weighted by atomic mass is 16.5. The third kappa shape index (κ3) is 1.56. The lowest BCUT2D eigenvalue weighted by Crippen LogP contribution is -2.04. The lowest BCUT2D eigenvalue weighted by molar-refractivity contribution is 0.0599. The summed E-state index contributed by atoms with van der Waals surface area (Å²) < 4.78 is 4.39. The van der Waals surface area contributed by atoms with Gasteiger partial charge >= 0.3 is 5.97 Å². The first-order valence-electron chi connectivity index (χ1n) is 3.36. The van der Waals surface area contributed by atoms with Crippen molar-refractivity contribution in [3.63, 3.8) is 0 Å². The Hall–Kier alpha value is -2.09. The van der Waals surface area contributed by atoms with Crippen LogP contribution in [0, 0.1) is 11.3 Å². The Morgan fingerprint density at radius 3 is 2.92 bits per heavy atom. The third-order valence-corrected chi connectivity index (χ3v) is 1.44. The summed E-state index contributed by atoms with van der Waals surface area (Å²) in [6, 6.07) is 1.69. The zero-order valence-electron chi connectivity index (χ0n) is 6.81. The van der Waals surface area contributed by atoms with Crippen LogP contribution in [0.25, 0.3) is 0 Å². The summed E-state index contributed by atoms with van der Waals surface area (Å²) in [5.41, 5.74) is -0.160. The maximum atomic E-state index is 11.0. The van der Waals surface area contributed by atoms with E-state index in [1.807, 2.05) is 0 Å². The Balaban J connectivity index is 3.30. The van der Waals surface area contributed by atoms with Gasteiger partial charge in [0.1, 0.15) is 11.6 Å². The van der Waals surface area contributed by atoms with Gasteiger partial charge in [-0.15, -0.1) is 0 Å². The lowest BCUT2D eigenvalue weighted by atomic mass is 10.1. The van der Waals surface area contributed by atoms with Gasteiger partial charge in [-0.1, -0.05) is 0 Å². The maximum Gasteiger partial charge on any atom is 0.340 e. The Bertz CT molecular complexity index is 381. The Kier molecular flexibility index (Phi) is 2.45. The SMILES string of the molecule is COC(=O)c1cncc(O)c1C#N. The number of nitrogens with zero attached hydrogens (tertiary/aromatic N) is 2. The number of aromatic nitrogens is 1. The monoisotopic (exact) mass is 178 g/mol. The number of carbonyl (C=O) groups is 1. The van der Waals surface area contributed by atoms with Crippen LogP contribution in [0.2, 0.25) is 0 Å². The van der Waals surface area contributed by atoms with Crippen molar-refractivity contribution >= 4 is 5.97 Å². The van der Waals surface area contributed by atoms with Crippen molar-refractivity contribution in [1.29, 1.82) is 5.26 Å². The number of hydrogen-bond donors (Lipinski definition) is 1. The molecule has 1 heterocycles. The highest BCUT2D eigenvalue weighted by Crippen LogP contribution is 2.18. The molecule has 1 aromatic heterocycles. The molecule has 1 rings (SSSR count). The molecule has 0 saturated carbocycles. The van der Waals surface area contributed by atoms with Crippen LogP contribution in [0.15, 0.2) is 12.4 Å². The van der Waals surface area contributed by atoms with E-state index >= 15 is 0 Å². The van der Waals surface area contributed by atoms with Gasteiger partial charge in [0, 0.05) is 6.20 Å². The smallest absolute Gasteiger partial charge is 0.340 e. The second kappa shape index (κ2) is 3.54. The topological polar surface area (TPSA) is 83.2 Å². The molecule has 0 fully saturated rings. The van der Waals surface area contributed by atoms with Gasteiger partial charge in [-0.25, -0.2) is 4.79 Å². The van der Waals surface area contributed by atoms with Crippen LogP contribution < -0.4 is 0 Å².